The number of ether oxygens (including phenoxy) is 3. The van der Waals surface area contributed by atoms with Gasteiger partial charge in [0.05, 0.1) is 12.5 Å². The van der Waals surface area contributed by atoms with Crippen LogP contribution in [-0.2, 0) is 10.2 Å². The van der Waals surface area contributed by atoms with Gasteiger partial charge in [0.15, 0.2) is 11.5 Å². The second-order valence-electron chi connectivity index (χ2n) is 7.26. The molecule has 6 nitrogen and oxygen atoms in total. The highest BCUT2D eigenvalue weighted by Gasteiger charge is 2.51. The summed E-state index contributed by atoms with van der Waals surface area (Å²) in [6.45, 7) is 0.225. The lowest BCUT2D eigenvalue weighted by molar-refractivity contribution is -0.118. The van der Waals surface area contributed by atoms with Crippen LogP contribution >= 0.6 is 0 Å². The summed E-state index contributed by atoms with van der Waals surface area (Å²) in [5, 5.41) is 2.97. The number of anilines is 1. The maximum absolute atomic E-state index is 13.0. The third-order valence-electron chi connectivity index (χ3n) is 5.54. The van der Waals surface area contributed by atoms with Gasteiger partial charge in [-0.05, 0) is 60.4 Å². The van der Waals surface area contributed by atoms with Gasteiger partial charge >= 0.3 is 0 Å². The lowest BCUT2D eigenvalue weighted by atomic mass is 9.94. The molecule has 1 aromatic heterocycles. The minimum Gasteiger partial charge on any atom is -0.497 e. The van der Waals surface area contributed by atoms with Gasteiger partial charge in [-0.1, -0.05) is 18.2 Å². The zero-order chi connectivity index (χ0) is 19.8. The van der Waals surface area contributed by atoms with Crippen LogP contribution in [0.15, 0.2) is 60.8 Å². The number of methoxy groups -OCH3 is 1. The topological polar surface area (TPSA) is 69.7 Å². The number of carbonyl (C=O) groups excluding carboxylic acids is 1. The highest BCUT2D eigenvalue weighted by molar-refractivity contribution is 6.01. The van der Waals surface area contributed by atoms with Gasteiger partial charge in [-0.3, -0.25) is 4.79 Å². The van der Waals surface area contributed by atoms with Crippen molar-refractivity contribution < 1.29 is 20.4 Å². The van der Waals surface area contributed by atoms with E-state index in [1.807, 2.05) is 54.6 Å². The van der Waals surface area contributed by atoms with Crippen molar-refractivity contribution in [3.63, 3.8) is 0 Å². The molecule has 1 aliphatic heterocycles. The number of fused-ring (bicyclic) bond motifs is 1. The summed E-state index contributed by atoms with van der Waals surface area (Å²) in [6.07, 6.45) is 3.38. The van der Waals surface area contributed by atoms with Crippen LogP contribution in [0.3, 0.4) is 0 Å². The SMILES string of the molecule is COc1ccc(-c2ccc(NC(=O)C3(c4ccc5c(c4)OCO5)CC3)nc2)cc1.[HH]. The molecule has 5 rings (SSSR count). The van der Waals surface area contributed by atoms with Crippen LogP contribution in [0, 0.1) is 0 Å². The summed E-state index contributed by atoms with van der Waals surface area (Å²) in [5.74, 6) is 2.73. The molecule has 148 valence electrons. The molecule has 0 radical (unpaired) electrons. The third-order valence-corrected chi connectivity index (χ3v) is 5.54. The molecule has 6 heteroatoms. The molecule has 2 heterocycles. The van der Waals surface area contributed by atoms with Gasteiger partial charge in [-0.15, -0.1) is 0 Å². The van der Waals surface area contributed by atoms with Gasteiger partial charge in [0.1, 0.15) is 11.6 Å². The van der Waals surface area contributed by atoms with E-state index in [1.165, 1.54) is 0 Å². The molecule has 1 saturated carbocycles. The molecule has 2 aliphatic rings. The minimum atomic E-state index is -0.517. The molecule has 29 heavy (non-hydrogen) atoms. The predicted octanol–water partition coefficient (Wildman–Crippen LogP) is 4.40. The molecule has 1 fully saturated rings. The fraction of sp³-hybridized carbons (Fsp3) is 0.217. The Kier molecular flexibility index (Phi) is 4.12. The van der Waals surface area contributed by atoms with E-state index in [9.17, 15) is 4.79 Å². The van der Waals surface area contributed by atoms with E-state index in [0.717, 1.165) is 41.0 Å². The number of pyridine rings is 1. The Hall–Kier alpha value is -3.54. The molecule has 1 N–H and O–H groups in total. The second kappa shape index (κ2) is 6.81. The number of rotatable bonds is 5. The normalized spacial score (nSPS) is 15.6. The summed E-state index contributed by atoms with van der Waals surface area (Å²) >= 11 is 0. The Bertz CT molecular complexity index is 1060. The van der Waals surface area contributed by atoms with Crippen molar-refractivity contribution in [2.75, 3.05) is 19.2 Å². The molecule has 1 aliphatic carbocycles. The zero-order valence-electron chi connectivity index (χ0n) is 16.0. The van der Waals surface area contributed by atoms with Gasteiger partial charge in [0.25, 0.3) is 0 Å². The molecule has 0 bridgehead atoms. The third kappa shape index (κ3) is 3.16. The van der Waals surface area contributed by atoms with Crippen LogP contribution in [0.2, 0.25) is 0 Å². The molecular weight excluding hydrogens is 368 g/mol. The van der Waals surface area contributed by atoms with Crippen LogP contribution in [0.1, 0.15) is 19.8 Å². The number of aromatic nitrogens is 1. The summed E-state index contributed by atoms with van der Waals surface area (Å²) in [4.78, 5) is 17.4. The molecular formula is C23H22N2O4. The van der Waals surface area contributed by atoms with E-state index in [2.05, 4.69) is 10.3 Å². The average molecular weight is 390 g/mol. The van der Waals surface area contributed by atoms with Gasteiger partial charge in [-0.2, -0.15) is 0 Å². The zero-order valence-corrected chi connectivity index (χ0v) is 16.0. The first kappa shape index (κ1) is 17.6. The van der Waals surface area contributed by atoms with Crippen LogP contribution in [0.5, 0.6) is 17.2 Å². The largest absolute Gasteiger partial charge is 0.497 e. The van der Waals surface area contributed by atoms with Crippen molar-refractivity contribution in [2.24, 2.45) is 0 Å². The summed E-state index contributed by atoms with van der Waals surface area (Å²) in [6, 6.07) is 17.3. The van der Waals surface area contributed by atoms with Crippen LogP contribution in [0.4, 0.5) is 5.82 Å². The van der Waals surface area contributed by atoms with Crippen molar-refractivity contribution >= 4 is 11.7 Å². The Labute approximate surface area is 169 Å². The Balaban J connectivity index is 0.00000218. The van der Waals surface area contributed by atoms with E-state index in [1.54, 1.807) is 13.3 Å². The smallest absolute Gasteiger partial charge is 0.236 e. The van der Waals surface area contributed by atoms with Crippen LogP contribution in [0.25, 0.3) is 11.1 Å². The summed E-state index contributed by atoms with van der Waals surface area (Å²) in [5.41, 5.74) is 2.45. The predicted molar refractivity (Wildman–Crippen MR) is 110 cm³/mol. The molecule has 0 unspecified atom stereocenters. The maximum Gasteiger partial charge on any atom is 0.236 e. The van der Waals surface area contributed by atoms with Crippen LogP contribution in [-0.4, -0.2) is 24.8 Å². The van der Waals surface area contributed by atoms with Crippen molar-refractivity contribution in [1.29, 1.82) is 0 Å². The van der Waals surface area contributed by atoms with E-state index in [4.69, 9.17) is 14.2 Å². The highest BCUT2D eigenvalue weighted by atomic mass is 16.7. The molecule has 2 aromatic carbocycles. The highest BCUT2D eigenvalue weighted by Crippen LogP contribution is 2.51. The van der Waals surface area contributed by atoms with Gasteiger partial charge in [0.2, 0.25) is 12.7 Å². The van der Waals surface area contributed by atoms with E-state index < -0.39 is 5.41 Å². The van der Waals surface area contributed by atoms with Crippen molar-refractivity contribution in [3.05, 3.63) is 66.4 Å². The summed E-state index contributed by atoms with van der Waals surface area (Å²) < 4.78 is 16.0. The Morgan fingerprint density at radius 2 is 1.79 bits per heavy atom. The molecule has 3 aromatic rings. The quantitative estimate of drug-likeness (QED) is 0.699. The van der Waals surface area contributed by atoms with Crippen molar-refractivity contribution in [3.8, 4) is 28.4 Å². The average Bonchev–Trinajstić information content (AvgIpc) is 3.45. The van der Waals surface area contributed by atoms with Gasteiger partial charge in [-0.25, -0.2) is 4.98 Å². The lowest BCUT2D eigenvalue weighted by Crippen LogP contribution is -2.28. The number of amides is 1. The number of hydrogen-bond donors (Lipinski definition) is 1. The fourth-order valence-electron chi connectivity index (χ4n) is 3.62. The van der Waals surface area contributed by atoms with Crippen molar-refractivity contribution in [1.82, 2.24) is 4.98 Å². The van der Waals surface area contributed by atoms with E-state index in [0.29, 0.717) is 11.6 Å². The molecule has 1 amide bonds. The van der Waals surface area contributed by atoms with Crippen LogP contribution < -0.4 is 19.5 Å². The lowest BCUT2D eigenvalue weighted by Gasteiger charge is -2.16. The van der Waals surface area contributed by atoms with Gasteiger partial charge in [0, 0.05) is 13.2 Å². The second-order valence-corrected chi connectivity index (χ2v) is 7.26. The number of nitrogens with one attached hydrogen (secondary N) is 1. The van der Waals surface area contributed by atoms with E-state index in [-0.39, 0.29) is 14.1 Å². The molecule has 0 saturated heterocycles. The first-order chi connectivity index (χ1) is 14.2. The van der Waals surface area contributed by atoms with Crippen molar-refractivity contribution in [2.45, 2.75) is 18.3 Å². The number of hydrogen-bond acceptors (Lipinski definition) is 5. The molecule has 0 atom stereocenters. The summed E-state index contributed by atoms with van der Waals surface area (Å²) in [7, 11) is 1.64. The monoisotopic (exact) mass is 390 g/mol. The van der Waals surface area contributed by atoms with E-state index >= 15 is 0 Å². The maximum atomic E-state index is 13.0. The first-order valence-corrected chi connectivity index (χ1v) is 9.50. The minimum absolute atomic E-state index is 0. The first-order valence-electron chi connectivity index (χ1n) is 9.50. The number of benzene rings is 2. The number of carbonyl (C=O) groups is 1. The fourth-order valence-corrected chi connectivity index (χ4v) is 3.62. The van der Waals surface area contributed by atoms with Gasteiger partial charge < -0.3 is 19.5 Å². The molecule has 0 spiro atoms. The Morgan fingerprint density at radius 3 is 2.48 bits per heavy atom. The Morgan fingerprint density at radius 1 is 1.03 bits per heavy atom. The standard InChI is InChI=1S/C23H20N2O4.H2/c1-27-18-6-2-15(3-7-18)16-4-9-21(24-13-16)25-22(26)23(10-11-23)17-5-8-19-20(12-17)29-14-28-19;/h2-9,12-13H,10-11,14H2,1H3,(H,24,25,26);1H. The number of nitrogens with zero attached hydrogens (tertiary/aromatic N) is 1.